The molecule has 32 heavy (non-hydrogen) atoms. The predicted octanol–water partition coefficient (Wildman–Crippen LogP) is 3.52. The van der Waals surface area contributed by atoms with Gasteiger partial charge in [0.25, 0.3) is 0 Å². The number of hydrogen-bond acceptors (Lipinski definition) is 7. The lowest BCUT2D eigenvalue weighted by Gasteiger charge is -2.47. The minimum atomic E-state index is -3.00. The van der Waals surface area contributed by atoms with E-state index in [4.69, 9.17) is 4.74 Å². The average molecular weight is 481 g/mol. The van der Waals surface area contributed by atoms with Gasteiger partial charge in [0, 0.05) is 41.6 Å². The number of piperidine rings is 1. The Hall–Kier alpha value is -1.29. The van der Waals surface area contributed by atoms with Gasteiger partial charge in [0.05, 0.1) is 35.4 Å². The molecule has 0 N–H and O–H groups in total. The van der Waals surface area contributed by atoms with Gasteiger partial charge in [-0.15, -0.1) is 16.4 Å². The molecular formula is C23H36N4O3S2. The summed E-state index contributed by atoms with van der Waals surface area (Å²) in [5.74, 6) is 0.144. The zero-order valence-electron chi connectivity index (χ0n) is 19.9. The van der Waals surface area contributed by atoms with E-state index in [2.05, 4.69) is 35.1 Å². The normalized spacial score (nSPS) is 24.7. The first-order chi connectivity index (χ1) is 15.0. The van der Waals surface area contributed by atoms with Gasteiger partial charge in [0.15, 0.2) is 0 Å². The Morgan fingerprint density at radius 2 is 2.16 bits per heavy atom. The molecule has 1 fully saturated rings. The summed E-state index contributed by atoms with van der Waals surface area (Å²) in [5, 5.41) is 8.73. The van der Waals surface area contributed by atoms with Crippen molar-refractivity contribution in [3.63, 3.8) is 0 Å². The first-order valence-corrected chi connectivity index (χ1v) is 14.5. The zero-order valence-corrected chi connectivity index (χ0v) is 21.6. The van der Waals surface area contributed by atoms with E-state index in [1.165, 1.54) is 21.6 Å². The predicted molar refractivity (Wildman–Crippen MR) is 128 cm³/mol. The molecule has 0 bridgehead atoms. The molecule has 1 spiro atoms. The van der Waals surface area contributed by atoms with Crippen LogP contribution in [0.25, 0.3) is 0 Å². The molecule has 0 aromatic carbocycles. The van der Waals surface area contributed by atoms with Gasteiger partial charge in [0.2, 0.25) is 0 Å². The summed E-state index contributed by atoms with van der Waals surface area (Å²) in [4.78, 5) is 5.45. The second-order valence-electron chi connectivity index (χ2n) is 10.1. The minimum Gasteiger partial charge on any atom is -0.370 e. The van der Waals surface area contributed by atoms with E-state index in [1.54, 1.807) is 0 Å². The van der Waals surface area contributed by atoms with Gasteiger partial charge in [-0.25, -0.2) is 13.1 Å². The second-order valence-corrected chi connectivity index (χ2v) is 13.6. The fourth-order valence-electron chi connectivity index (χ4n) is 4.93. The minimum absolute atomic E-state index is 0.140. The van der Waals surface area contributed by atoms with E-state index >= 15 is 0 Å². The maximum Gasteiger partial charge on any atom is 0.147 e. The quantitative estimate of drug-likeness (QED) is 0.603. The number of sulfone groups is 1. The van der Waals surface area contributed by atoms with Crippen LogP contribution in [0.15, 0.2) is 12.3 Å². The van der Waals surface area contributed by atoms with Crippen LogP contribution in [0.5, 0.6) is 0 Å². The Morgan fingerprint density at radius 1 is 1.38 bits per heavy atom. The highest BCUT2D eigenvalue weighted by atomic mass is 32.2. The van der Waals surface area contributed by atoms with Gasteiger partial charge >= 0.3 is 0 Å². The van der Waals surface area contributed by atoms with Crippen molar-refractivity contribution in [2.24, 2.45) is 0 Å². The number of ether oxygens (including phenoxy) is 1. The summed E-state index contributed by atoms with van der Waals surface area (Å²) < 4.78 is 31.4. The molecule has 0 unspecified atom stereocenters. The second kappa shape index (κ2) is 8.81. The van der Waals surface area contributed by atoms with Gasteiger partial charge in [0.1, 0.15) is 9.84 Å². The van der Waals surface area contributed by atoms with Crippen LogP contribution in [0.1, 0.15) is 68.0 Å². The van der Waals surface area contributed by atoms with Crippen LogP contribution < -0.4 is 0 Å². The Morgan fingerprint density at radius 3 is 2.84 bits per heavy atom. The summed E-state index contributed by atoms with van der Waals surface area (Å²) in [7, 11) is -3.00. The van der Waals surface area contributed by atoms with Crippen LogP contribution in [0.4, 0.5) is 0 Å². The van der Waals surface area contributed by atoms with Crippen molar-refractivity contribution < 1.29 is 13.2 Å². The maximum atomic E-state index is 11.6. The van der Waals surface area contributed by atoms with Crippen molar-refractivity contribution in [2.75, 3.05) is 25.2 Å². The molecule has 7 nitrogen and oxygen atoms in total. The summed E-state index contributed by atoms with van der Waals surface area (Å²) in [6.07, 6.45) is 7.88. The van der Waals surface area contributed by atoms with Crippen molar-refractivity contribution in [2.45, 2.75) is 83.5 Å². The Labute approximate surface area is 196 Å². The number of nitrogens with zero attached hydrogens (tertiary/aromatic N) is 4. The number of fused-ring (bicyclic) bond motifs is 2. The van der Waals surface area contributed by atoms with E-state index < -0.39 is 15.4 Å². The molecule has 4 rings (SSSR count). The smallest absolute Gasteiger partial charge is 0.147 e. The highest BCUT2D eigenvalue weighted by molar-refractivity contribution is 7.90. The number of aromatic nitrogens is 3. The molecule has 2 atom stereocenters. The SMILES string of the molecule is CCc1cc2c(s1)CCO[C@@]21CCN(Cc2cn(C(C)(C)CCS(C)(=O)=O)nn2)[C@@H](C)C1. The number of hydrogen-bond donors (Lipinski definition) is 0. The van der Waals surface area contributed by atoms with Crippen molar-refractivity contribution >= 4 is 21.2 Å². The van der Waals surface area contributed by atoms with Crippen molar-refractivity contribution in [3.8, 4) is 0 Å². The van der Waals surface area contributed by atoms with Gasteiger partial charge in [-0.2, -0.15) is 0 Å². The van der Waals surface area contributed by atoms with Gasteiger partial charge in [-0.3, -0.25) is 4.90 Å². The molecular weight excluding hydrogens is 444 g/mol. The Bertz CT molecular complexity index is 1060. The number of likely N-dealkylation sites (tertiary alicyclic amines) is 1. The lowest BCUT2D eigenvalue weighted by Crippen LogP contribution is -2.50. The largest absolute Gasteiger partial charge is 0.370 e. The molecule has 0 saturated carbocycles. The molecule has 2 aliphatic heterocycles. The molecule has 4 heterocycles. The first-order valence-electron chi connectivity index (χ1n) is 11.6. The van der Waals surface area contributed by atoms with Crippen LogP contribution in [-0.2, 0) is 45.1 Å². The van der Waals surface area contributed by atoms with Gasteiger partial charge in [-0.1, -0.05) is 12.1 Å². The first kappa shape index (κ1) is 23.9. The molecule has 0 aliphatic carbocycles. The van der Waals surface area contributed by atoms with Crippen LogP contribution in [0.2, 0.25) is 0 Å². The van der Waals surface area contributed by atoms with E-state index in [9.17, 15) is 8.42 Å². The lowest BCUT2D eigenvalue weighted by atomic mass is 9.79. The molecule has 2 aromatic heterocycles. The van der Waals surface area contributed by atoms with E-state index in [0.717, 1.165) is 51.1 Å². The van der Waals surface area contributed by atoms with E-state index in [1.807, 2.05) is 36.1 Å². The molecule has 1 saturated heterocycles. The van der Waals surface area contributed by atoms with Crippen molar-refractivity contribution in [3.05, 3.63) is 33.3 Å². The fraction of sp³-hybridized carbons (Fsp3) is 0.739. The van der Waals surface area contributed by atoms with Gasteiger partial charge < -0.3 is 4.74 Å². The van der Waals surface area contributed by atoms with E-state index in [0.29, 0.717) is 12.5 Å². The van der Waals surface area contributed by atoms with Crippen LogP contribution in [0.3, 0.4) is 0 Å². The summed E-state index contributed by atoms with van der Waals surface area (Å²) in [6.45, 7) is 11.1. The molecule has 2 aromatic rings. The van der Waals surface area contributed by atoms with Crippen LogP contribution in [0, 0.1) is 0 Å². The standard InChI is InChI=1S/C23H36N4O3S2/c1-6-19-13-20-21(31-19)7-11-30-23(20)8-10-26(17(2)14-23)15-18-16-27(25-24-18)22(3,4)9-12-32(5,28)29/h13,16-17H,6-12,14-15H2,1-5H3/t17-,23+/m0/s1. The topological polar surface area (TPSA) is 77.3 Å². The molecule has 0 amide bonds. The number of thiophene rings is 1. The fourth-order valence-corrected chi connectivity index (χ4v) is 6.98. The zero-order chi connectivity index (χ0) is 23.1. The molecule has 2 aliphatic rings. The monoisotopic (exact) mass is 480 g/mol. The summed E-state index contributed by atoms with van der Waals surface area (Å²) >= 11 is 1.97. The van der Waals surface area contributed by atoms with Crippen molar-refractivity contribution in [1.29, 1.82) is 0 Å². The lowest BCUT2D eigenvalue weighted by molar-refractivity contribution is -0.112. The summed E-state index contributed by atoms with van der Waals surface area (Å²) in [6, 6.07) is 2.77. The van der Waals surface area contributed by atoms with Crippen LogP contribution in [-0.4, -0.2) is 59.5 Å². The Kier molecular flexibility index (Phi) is 6.57. The molecule has 0 radical (unpaired) electrons. The Balaban J connectivity index is 1.43. The van der Waals surface area contributed by atoms with Crippen molar-refractivity contribution in [1.82, 2.24) is 19.9 Å². The maximum absolute atomic E-state index is 11.6. The molecule has 178 valence electrons. The van der Waals surface area contributed by atoms with E-state index in [-0.39, 0.29) is 11.4 Å². The van der Waals surface area contributed by atoms with Gasteiger partial charge in [-0.05, 0) is 58.1 Å². The average Bonchev–Trinajstić information content (AvgIpc) is 3.36. The molecule has 9 heteroatoms. The van der Waals surface area contributed by atoms with Crippen LogP contribution >= 0.6 is 11.3 Å². The highest BCUT2D eigenvalue weighted by Crippen LogP contribution is 2.46. The summed E-state index contributed by atoms with van der Waals surface area (Å²) in [5.41, 5.74) is 1.83. The number of aryl methyl sites for hydroxylation is 1. The third kappa shape index (κ3) is 4.95. The highest BCUT2D eigenvalue weighted by Gasteiger charge is 2.44. The number of rotatable bonds is 7. The third-order valence-electron chi connectivity index (χ3n) is 7.07. The third-order valence-corrected chi connectivity index (χ3v) is 9.35.